The Labute approximate surface area is 304 Å². The summed E-state index contributed by atoms with van der Waals surface area (Å²) < 4.78 is 8.85. The molecule has 0 bridgehead atoms. The molecule has 0 N–H and O–H groups in total. The first-order valence-corrected chi connectivity index (χ1v) is 20.8. The van der Waals surface area contributed by atoms with Crippen LogP contribution in [-0.2, 0) is 0 Å². The van der Waals surface area contributed by atoms with Gasteiger partial charge in [-0.1, -0.05) is 103 Å². The summed E-state index contributed by atoms with van der Waals surface area (Å²) in [7, 11) is 0. The first kappa shape index (κ1) is 38.1. The summed E-state index contributed by atoms with van der Waals surface area (Å²) in [6.07, 6.45) is 21.8. The molecular weight excluding hydrogens is 639 g/mol. The summed E-state index contributed by atoms with van der Waals surface area (Å²) in [5, 5.41) is 4.44. The number of anilines is 1. The Morgan fingerprint density at radius 2 is 1.38 bits per heavy atom. The quantitative estimate of drug-likeness (QED) is 0.0721. The fourth-order valence-electron chi connectivity index (χ4n) is 7.41. The average molecular weight is 700 g/mol. The van der Waals surface area contributed by atoms with Gasteiger partial charge in [0.25, 0.3) is 5.56 Å². The molecule has 7 heteroatoms. The Morgan fingerprint density at radius 3 is 2.08 bits per heavy atom. The maximum atomic E-state index is 13.2. The van der Waals surface area contributed by atoms with Crippen LogP contribution in [0.2, 0.25) is 0 Å². The monoisotopic (exact) mass is 699 g/mol. The summed E-state index contributed by atoms with van der Waals surface area (Å²) >= 11 is 1.81. The first-order valence-electron chi connectivity index (χ1n) is 19.9. The summed E-state index contributed by atoms with van der Waals surface area (Å²) in [6.45, 7) is 8.25. The van der Waals surface area contributed by atoms with Gasteiger partial charge in [-0.3, -0.25) is 14.5 Å². The molecule has 0 radical (unpaired) electrons. The molecule has 2 aromatic carbocycles. The molecule has 4 aromatic rings. The maximum absolute atomic E-state index is 13.2. The van der Waals surface area contributed by atoms with Crippen molar-refractivity contribution in [1.29, 1.82) is 0 Å². The number of hydrogen-bond donors (Lipinski definition) is 0. The predicted molar refractivity (Wildman–Crippen MR) is 214 cm³/mol. The molecule has 0 aliphatic carbocycles. The lowest BCUT2D eigenvalue weighted by Crippen LogP contribution is -2.46. The van der Waals surface area contributed by atoms with E-state index in [2.05, 4.69) is 46.4 Å². The highest BCUT2D eigenvalue weighted by molar-refractivity contribution is 7.17. The predicted octanol–water partition coefficient (Wildman–Crippen LogP) is 11.1. The van der Waals surface area contributed by atoms with E-state index in [9.17, 15) is 9.59 Å². The van der Waals surface area contributed by atoms with Crippen molar-refractivity contribution in [2.75, 3.05) is 44.2 Å². The van der Waals surface area contributed by atoms with Crippen LogP contribution in [0.15, 0.2) is 64.8 Å². The van der Waals surface area contributed by atoms with Gasteiger partial charge < -0.3 is 9.64 Å². The highest BCUT2D eigenvalue weighted by Gasteiger charge is 2.19. The van der Waals surface area contributed by atoms with E-state index in [-0.39, 0.29) is 11.5 Å². The van der Waals surface area contributed by atoms with E-state index in [1.165, 1.54) is 103 Å². The second-order valence-corrected chi connectivity index (χ2v) is 15.3. The molecule has 0 unspecified atom stereocenters. The van der Waals surface area contributed by atoms with Gasteiger partial charge in [-0.25, -0.2) is 4.57 Å². The van der Waals surface area contributed by atoms with Crippen LogP contribution in [0.25, 0.3) is 21.0 Å². The Bertz CT molecular complexity index is 1640. The number of pyridine rings is 1. The zero-order valence-electron chi connectivity index (χ0n) is 30.7. The van der Waals surface area contributed by atoms with Crippen LogP contribution in [0.5, 0.6) is 5.75 Å². The van der Waals surface area contributed by atoms with Crippen molar-refractivity contribution in [1.82, 2.24) is 9.47 Å². The van der Waals surface area contributed by atoms with Crippen LogP contribution in [0, 0.1) is 0 Å². The number of aromatic nitrogens is 1. The number of rotatable bonds is 23. The standard InChI is InChI=1S/C43H61N3O3S/c1-2-3-4-5-6-7-8-9-10-11-12-13-14-15-16-22-42(47)46-40-35-37(25-23-36(40)24-26-43(46)48)49-33-18-17-28-44-29-31-45(32-30-44)39-20-19-21-41-38(39)27-34-50-41/h19-21,23-27,34-35H,2-18,22,28-33H2,1H3. The minimum Gasteiger partial charge on any atom is -0.494 e. The number of benzene rings is 2. The number of ether oxygens (including phenoxy) is 1. The summed E-state index contributed by atoms with van der Waals surface area (Å²) in [6, 6.07) is 18.0. The molecule has 5 rings (SSSR count). The van der Waals surface area contributed by atoms with Gasteiger partial charge in [0, 0.05) is 60.5 Å². The van der Waals surface area contributed by atoms with Crippen LogP contribution in [0.4, 0.5) is 5.69 Å². The maximum Gasteiger partial charge on any atom is 0.257 e. The molecule has 1 fully saturated rings. The van der Waals surface area contributed by atoms with Crippen molar-refractivity contribution < 1.29 is 9.53 Å². The average Bonchev–Trinajstić information content (AvgIpc) is 3.63. The van der Waals surface area contributed by atoms with Crippen molar-refractivity contribution in [2.45, 2.75) is 122 Å². The van der Waals surface area contributed by atoms with E-state index in [4.69, 9.17) is 4.74 Å². The molecule has 0 amide bonds. The van der Waals surface area contributed by atoms with E-state index < -0.39 is 0 Å². The highest BCUT2D eigenvalue weighted by Crippen LogP contribution is 2.31. The van der Waals surface area contributed by atoms with E-state index in [0.717, 1.165) is 70.2 Å². The number of thiophene rings is 1. The number of carbonyl (C=O) groups is 1. The summed E-state index contributed by atoms with van der Waals surface area (Å²) in [4.78, 5) is 31.2. The van der Waals surface area contributed by atoms with E-state index >= 15 is 0 Å². The molecular formula is C43H61N3O3S. The molecule has 272 valence electrons. The number of hydrogen-bond acceptors (Lipinski definition) is 6. The molecule has 2 aromatic heterocycles. The number of fused-ring (bicyclic) bond motifs is 2. The molecule has 0 atom stereocenters. The Balaban J connectivity index is 0.954. The normalized spacial score (nSPS) is 13.8. The minimum atomic E-state index is -0.257. The van der Waals surface area contributed by atoms with Gasteiger partial charge >= 0.3 is 0 Å². The number of carbonyl (C=O) groups excluding carboxylic acids is 1. The smallest absolute Gasteiger partial charge is 0.257 e. The SMILES string of the molecule is CCCCCCCCCCCCCCCCCC(=O)n1c(=O)ccc2ccc(OCCCCN3CCN(c4cccc5sccc45)CC3)cc21. The molecule has 6 nitrogen and oxygen atoms in total. The minimum absolute atomic E-state index is 0.112. The van der Waals surface area contributed by atoms with E-state index in [1.807, 2.05) is 29.5 Å². The Morgan fingerprint density at radius 1 is 0.720 bits per heavy atom. The topological polar surface area (TPSA) is 54.8 Å². The first-order chi connectivity index (χ1) is 24.6. The Kier molecular flexibility index (Phi) is 16.2. The molecule has 1 aliphatic rings. The third-order valence-electron chi connectivity index (χ3n) is 10.4. The second-order valence-electron chi connectivity index (χ2n) is 14.3. The zero-order chi connectivity index (χ0) is 34.8. The third kappa shape index (κ3) is 11.7. The largest absolute Gasteiger partial charge is 0.494 e. The van der Waals surface area contributed by atoms with Crippen molar-refractivity contribution in [2.24, 2.45) is 0 Å². The fourth-order valence-corrected chi connectivity index (χ4v) is 8.22. The van der Waals surface area contributed by atoms with Gasteiger partial charge in [0.15, 0.2) is 0 Å². The van der Waals surface area contributed by atoms with Gasteiger partial charge in [-0.15, -0.1) is 11.3 Å². The van der Waals surface area contributed by atoms with Crippen molar-refractivity contribution in [3.8, 4) is 5.75 Å². The lowest BCUT2D eigenvalue weighted by molar-refractivity contribution is 0.0900. The second kappa shape index (κ2) is 21.3. The van der Waals surface area contributed by atoms with Crippen LogP contribution < -0.4 is 15.2 Å². The number of nitrogens with zero attached hydrogens (tertiary/aromatic N) is 3. The summed E-state index contributed by atoms with van der Waals surface area (Å²) in [5.41, 5.74) is 1.76. The molecule has 0 saturated carbocycles. The van der Waals surface area contributed by atoms with Gasteiger partial charge in [0.05, 0.1) is 12.1 Å². The molecule has 3 heterocycles. The van der Waals surface area contributed by atoms with Gasteiger partial charge in [0.1, 0.15) is 5.75 Å². The van der Waals surface area contributed by atoms with Crippen molar-refractivity contribution in [3.63, 3.8) is 0 Å². The third-order valence-corrected chi connectivity index (χ3v) is 11.3. The van der Waals surface area contributed by atoms with Crippen LogP contribution in [0.3, 0.4) is 0 Å². The fraction of sp³-hybridized carbons (Fsp3) is 0.581. The van der Waals surface area contributed by atoms with Gasteiger partial charge in [0.2, 0.25) is 5.91 Å². The molecule has 1 saturated heterocycles. The molecule has 1 aliphatic heterocycles. The van der Waals surface area contributed by atoms with Crippen molar-refractivity contribution in [3.05, 3.63) is 70.3 Å². The van der Waals surface area contributed by atoms with Crippen LogP contribution >= 0.6 is 11.3 Å². The Hall–Kier alpha value is -3.16. The summed E-state index contributed by atoms with van der Waals surface area (Å²) in [5.74, 6) is 0.604. The van der Waals surface area contributed by atoms with E-state index in [1.54, 1.807) is 6.07 Å². The highest BCUT2D eigenvalue weighted by atomic mass is 32.1. The molecule has 0 spiro atoms. The van der Waals surface area contributed by atoms with Crippen LogP contribution in [-0.4, -0.2) is 54.7 Å². The van der Waals surface area contributed by atoms with Gasteiger partial charge in [-0.05, 0) is 73.0 Å². The van der Waals surface area contributed by atoms with Crippen molar-refractivity contribution >= 4 is 43.9 Å². The molecule has 50 heavy (non-hydrogen) atoms. The number of piperazine rings is 1. The lowest BCUT2D eigenvalue weighted by atomic mass is 10.0. The lowest BCUT2D eigenvalue weighted by Gasteiger charge is -2.36. The zero-order valence-corrected chi connectivity index (χ0v) is 31.5. The van der Waals surface area contributed by atoms with E-state index in [0.29, 0.717) is 24.3 Å². The van der Waals surface area contributed by atoms with Gasteiger partial charge in [-0.2, -0.15) is 0 Å². The van der Waals surface area contributed by atoms with Crippen LogP contribution in [0.1, 0.15) is 127 Å². The number of unbranched alkanes of at least 4 members (excludes halogenated alkanes) is 15.